The summed E-state index contributed by atoms with van der Waals surface area (Å²) in [6.07, 6.45) is 3.14. The van der Waals surface area contributed by atoms with E-state index in [1.165, 1.54) is 20.3 Å². The molecular formula is C12H22N4O3S. The van der Waals surface area contributed by atoms with Gasteiger partial charge in [-0.25, -0.2) is 17.7 Å². The molecule has 0 aliphatic carbocycles. The van der Waals surface area contributed by atoms with E-state index in [4.69, 9.17) is 0 Å². The van der Waals surface area contributed by atoms with Gasteiger partial charge in [0.25, 0.3) is 5.56 Å². The maximum Gasteiger partial charge on any atom is 0.293 e. The van der Waals surface area contributed by atoms with Gasteiger partial charge in [0.05, 0.1) is 5.75 Å². The van der Waals surface area contributed by atoms with Crippen molar-refractivity contribution in [1.29, 1.82) is 0 Å². The fraction of sp³-hybridized carbons (Fsp3) is 0.667. The SMILES string of the molecule is CN(C)S(=O)(=O)CCNc1nccn(C(C)(C)C)c1=O. The minimum atomic E-state index is -3.29. The Morgan fingerprint density at radius 1 is 1.35 bits per heavy atom. The maximum atomic E-state index is 12.2. The zero-order valence-corrected chi connectivity index (χ0v) is 13.4. The number of hydrogen-bond acceptors (Lipinski definition) is 5. The third-order valence-corrected chi connectivity index (χ3v) is 4.60. The number of nitrogens with zero attached hydrogens (tertiary/aromatic N) is 3. The van der Waals surface area contributed by atoms with Crippen LogP contribution < -0.4 is 10.9 Å². The molecule has 0 amide bonds. The number of anilines is 1. The van der Waals surface area contributed by atoms with E-state index in [9.17, 15) is 13.2 Å². The molecule has 0 saturated heterocycles. The summed E-state index contributed by atoms with van der Waals surface area (Å²) in [5, 5.41) is 2.79. The van der Waals surface area contributed by atoms with Crippen LogP contribution in [0.4, 0.5) is 5.82 Å². The van der Waals surface area contributed by atoms with Crippen LogP contribution in [-0.2, 0) is 15.6 Å². The quantitative estimate of drug-likeness (QED) is 0.846. The number of rotatable bonds is 5. The predicted octanol–water partition coefficient (Wildman–Crippen LogP) is 0.302. The van der Waals surface area contributed by atoms with Crippen LogP contribution in [0.2, 0.25) is 0 Å². The molecule has 0 radical (unpaired) electrons. The Hall–Kier alpha value is -1.41. The van der Waals surface area contributed by atoms with E-state index in [0.717, 1.165) is 4.31 Å². The Labute approximate surface area is 119 Å². The molecule has 1 N–H and O–H groups in total. The molecule has 0 bridgehead atoms. The monoisotopic (exact) mass is 302 g/mol. The van der Waals surface area contributed by atoms with Crippen molar-refractivity contribution in [2.75, 3.05) is 31.7 Å². The number of hydrogen-bond donors (Lipinski definition) is 1. The van der Waals surface area contributed by atoms with Gasteiger partial charge in [-0.3, -0.25) is 4.79 Å². The summed E-state index contributed by atoms with van der Waals surface area (Å²) < 4.78 is 25.9. The highest BCUT2D eigenvalue weighted by Gasteiger charge is 2.17. The molecule has 0 spiro atoms. The van der Waals surface area contributed by atoms with Crippen molar-refractivity contribution in [2.24, 2.45) is 0 Å². The summed E-state index contributed by atoms with van der Waals surface area (Å²) in [5.41, 5.74) is -0.617. The zero-order chi connectivity index (χ0) is 15.6. The second kappa shape index (κ2) is 5.92. The molecule has 1 aromatic heterocycles. The van der Waals surface area contributed by atoms with Gasteiger partial charge in [0.2, 0.25) is 10.0 Å². The molecule has 0 aliphatic heterocycles. The second-order valence-electron chi connectivity index (χ2n) is 5.65. The van der Waals surface area contributed by atoms with Crippen molar-refractivity contribution in [3.8, 4) is 0 Å². The van der Waals surface area contributed by atoms with Crippen LogP contribution in [0, 0.1) is 0 Å². The highest BCUT2D eigenvalue weighted by Crippen LogP contribution is 2.10. The van der Waals surface area contributed by atoms with Crippen molar-refractivity contribution in [2.45, 2.75) is 26.3 Å². The van der Waals surface area contributed by atoms with Gasteiger partial charge in [-0.05, 0) is 20.8 Å². The van der Waals surface area contributed by atoms with Gasteiger partial charge in [-0.1, -0.05) is 0 Å². The molecule has 7 nitrogen and oxygen atoms in total. The molecule has 20 heavy (non-hydrogen) atoms. The molecule has 0 fully saturated rings. The van der Waals surface area contributed by atoms with E-state index in [1.54, 1.807) is 10.8 Å². The lowest BCUT2D eigenvalue weighted by atomic mass is 10.1. The van der Waals surface area contributed by atoms with Crippen molar-refractivity contribution in [1.82, 2.24) is 13.9 Å². The summed E-state index contributed by atoms with van der Waals surface area (Å²) in [6.45, 7) is 5.87. The van der Waals surface area contributed by atoms with Gasteiger partial charge in [0.1, 0.15) is 0 Å². The fourth-order valence-electron chi connectivity index (χ4n) is 1.54. The zero-order valence-electron chi connectivity index (χ0n) is 12.5. The van der Waals surface area contributed by atoms with Crippen LogP contribution >= 0.6 is 0 Å². The van der Waals surface area contributed by atoms with Gasteiger partial charge in [0, 0.05) is 38.6 Å². The summed E-state index contributed by atoms with van der Waals surface area (Å²) >= 11 is 0. The topological polar surface area (TPSA) is 84.3 Å². The summed E-state index contributed by atoms with van der Waals surface area (Å²) in [7, 11) is -0.336. The van der Waals surface area contributed by atoms with Crippen molar-refractivity contribution in [3.05, 3.63) is 22.7 Å². The fourth-order valence-corrected chi connectivity index (χ4v) is 2.27. The van der Waals surface area contributed by atoms with Gasteiger partial charge in [-0.2, -0.15) is 0 Å². The van der Waals surface area contributed by atoms with Gasteiger partial charge in [0.15, 0.2) is 5.82 Å². The summed E-state index contributed by atoms with van der Waals surface area (Å²) in [6, 6.07) is 0. The average Bonchev–Trinajstić information content (AvgIpc) is 2.29. The molecule has 0 atom stereocenters. The van der Waals surface area contributed by atoms with Gasteiger partial charge >= 0.3 is 0 Å². The van der Waals surface area contributed by atoms with E-state index in [-0.39, 0.29) is 29.2 Å². The number of sulfonamides is 1. The van der Waals surface area contributed by atoms with Crippen LogP contribution in [-0.4, -0.2) is 48.7 Å². The molecule has 1 rings (SSSR count). The van der Waals surface area contributed by atoms with Crippen LogP contribution in [0.1, 0.15) is 20.8 Å². The molecule has 0 unspecified atom stereocenters. The first-order valence-corrected chi connectivity index (χ1v) is 7.89. The lowest BCUT2D eigenvalue weighted by molar-refractivity contribution is 0.383. The first-order valence-electron chi connectivity index (χ1n) is 6.28. The second-order valence-corrected chi connectivity index (χ2v) is 7.95. The first kappa shape index (κ1) is 16.6. The molecule has 0 saturated carbocycles. The van der Waals surface area contributed by atoms with Gasteiger partial charge in [-0.15, -0.1) is 0 Å². The smallest absolute Gasteiger partial charge is 0.293 e. The van der Waals surface area contributed by atoms with Crippen LogP contribution in [0.3, 0.4) is 0 Å². The van der Waals surface area contributed by atoms with Crippen molar-refractivity contribution < 1.29 is 8.42 Å². The van der Waals surface area contributed by atoms with Crippen molar-refractivity contribution >= 4 is 15.8 Å². The van der Waals surface area contributed by atoms with Crippen molar-refractivity contribution in [3.63, 3.8) is 0 Å². The lowest BCUT2D eigenvalue weighted by Gasteiger charge is -2.22. The molecular weight excluding hydrogens is 280 g/mol. The molecule has 114 valence electrons. The Morgan fingerprint density at radius 3 is 2.45 bits per heavy atom. The minimum absolute atomic E-state index is 0.0917. The standard InChI is InChI=1S/C12H22N4O3S/c1-12(2,3)16-8-6-13-10(11(16)17)14-7-9-20(18,19)15(4)5/h6,8H,7,9H2,1-5H3,(H,13,14). The van der Waals surface area contributed by atoms with E-state index < -0.39 is 10.0 Å². The highest BCUT2D eigenvalue weighted by atomic mass is 32.2. The molecule has 8 heteroatoms. The lowest BCUT2D eigenvalue weighted by Crippen LogP contribution is -2.36. The Balaban J connectivity index is 2.84. The van der Waals surface area contributed by atoms with E-state index >= 15 is 0 Å². The molecule has 0 aromatic carbocycles. The summed E-state index contributed by atoms with van der Waals surface area (Å²) in [5.74, 6) is 0.0716. The Morgan fingerprint density at radius 2 is 1.95 bits per heavy atom. The molecule has 1 aromatic rings. The summed E-state index contributed by atoms with van der Waals surface area (Å²) in [4.78, 5) is 16.1. The third-order valence-electron chi connectivity index (χ3n) is 2.77. The number of nitrogens with one attached hydrogen (secondary N) is 1. The van der Waals surface area contributed by atoms with Gasteiger partial charge < -0.3 is 9.88 Å². The van der Waals surface area contributed by atoms with Crippen LogP contribution in [0.25, 0.3) is 0 Å². The Bertz CT molecular complexity index is 614. The van der Waals surface area contributed by atoms with Crippen LogP contribution in [0.5, 0.6) is 0 Å². The maximum absolute atomic E-state index is 12.2. The average molecular weight is 302 g/mol. The Kier molecular flexibility index (Phi) is 4.93. The van der Waals surface area contributed by atoms with E-state index in [2.05, 4.69) is 10.3 Å². The predicted molar refractivity (Wildman–Crippen MR) is 79.5 cm³/mol. The number of aromatic nitrogens is 2. The van der Waals surface area contributed by atoms with E-state index in [0.29, 0.717) is 0 Å². The molecule has 0 aliphatic rings. The third kappa shape index (κ3) is 4.04. The normalized spacial score (nSPS) is 12.7. The van der Waals surface area contributed by atoms with E-state index in [1.807, 2.05) is 20.8 Å². The molecule has 1 heterocycles. The highest BCUT2D eigenvalue weighted by molar-refractivity contribution is 7.89. The largest absolute Gasteiger partial charge is 0.364 e. The van der Waals surface area contributed by atoms with Crippen LogP contribution in [0.15, 0.2) is 17.2 Å². The first-order chi connectivity index (χ1) is 9.05. The minimum Gasteiger partial charge on any atom is -0.364 e.